The third kappa shape index (κ3) is 5.18. The third-order valence-corrected chi connectivity index (χ3v) is 5.95. The highest BCUT2D eigenvalue weighted by molar-refractivity contribution is 5.87. The molecular weight excluding hydrogens is 494 g/mol. The van der Waals surface area contributed by atoms with Crippen molar-refractivity contribution in [1.29, 1.82) is 0 Å². The molecule has 0 fully saturated rings. The smallest absolute Gasteiger partial charge is 0.387 e. The van der Waals surface area contributed by atoms with E-state index in [1.165, 1.54) is 28.8 Å². The molecule has 5 rings (SSSR count). The number of aromatic nitrogens is 5. The number of pyridine rings is 1. The Hall–Kier alpha value is -4.38. The molecule has 0 saturated heterocycles. The van der Waals surface area contributed by atoms with Crippen molar-refractivity contribution in [2.45, 2.75) is 20.1 Å². The van der Waals surface area contributed by atoms with Gasteiger partial charge in [-0.05, 0) is 69.0 Å². The van der Waals surface area contributed by atoms with Gasteiger partial charge in [-0.2, -0.15) is 18.9 Å². The second kappa shape index (κ2) is 10.5. The first-order valence-corrected chi connectivity index (χ1v) is 12.1. The van der Waals surface area contributed by atoms with Crippen LogP contribution in [0.2, 0.25) is 0 Å². The van der Waals surface area contributed by atoms with Crippen LogP contribution in [0, 0.1) is 0 Å². The zero-order chi connectivity index (χ0) is 26.8. The summed E-state index contributed by atoms with van der Waals surface area (Å²) in [6.45, 7) is 0.808. The zero-order valence-electron chi connectivity index (χ0n) is 21.1. The molecule has 2 aromatic carbocycles. The van der Waals surface area contributed by atoms with E-state index in [0.717, 1.165) is 24.0 Å². The molecule has 0 bridgehead atoms. The third-order valence-electron chi connectivity index (χ3n) is 5.95. The van der Waals surface area contributed by atoms with Gasteiger partial charge in [0.15, 0.2) is 5.65 Å². The normalized spacial score (nSPS) is 11.7. The quantitative estimate of drug-likeness (QED) is 0.285. The second-order valence-corrected chi connectivity index (χ2v) is 8.90. The number of fused-ring (bicyclic) bond motifs is 2. The molecule has 0 spiro atoms. The highest BCUT2D eigenvalue weighted by Crippen LogP contribution is 2.27. The van der Waals surface area contributed by atoms with E-state index >= 15 is 0 Å². The van der Waals surface area contributed by atoms with Crippen molar-refractivity contribution in [3.8, 4) is 28.6 Å². The molecule has 196 valence electrons. The minimum Gasteiger partial charge on any atom is -0.464 e. The van der Waals surface area contributed by atoms with E-state index < -0.39 is 6.61 Å². The lowest BCUT2D eigenvalue weighted by atomic mass is 10.0. The van der Waals surface area contributed by atoms with Gasteiger partial charge >= 0.3 is 12.6 Å². The van der Waals surface area contributed by atoms with Crippen molar-refractivity contribution in [2.24, 2.45) is 0 Å². The molecular formula is C27H26F2N6O3. The van der Waals surface area contributed by atoms with Crippen LogP contribution in [0.25, 0.3) is 38.8 Å². The monoisotopic (exact) mass is 520 g/mol. The summed E-state index contributed by atoms with van der Waals surface area (Å²) in [5.74, 6) is -0.0152. The summed E-state index contributed by atoms with van der Waals surface area (Å²) >= 11 is 0. The fraction of sp³-hybridized carbons (Fsp3) is 0.259. The molecule has 0 amide bonds. The largest absolute Gasteiger partial charge is 0.464 e. The number of likely N-dealkylation sites (N-methyl/N-ethyl adjacent to an activating group) is 1. The molecule has 0 aliphatic carbocycles. The number of benzene rings is 2. The summed E-state index contributed by atoms with van der Waals surface area (Å²) < 4.78 is 38.5. The van der Waals surface area contributed by atoms with Gasteiger partial charge in [0, 0.05) is 35.3 Å². The minimum atomic E-state index is -2.95. The molecule has 5 aromatic rings. The number of halogens is 2. The summed E-state index contributed by atoms with van der Waals surface area (Å²) in [5.41, 5.74) is 2.39. The van der Waals surface area contributed by atoms with Crippen LogP contribution in [0.1, 0.15) is 6.92 Å². The van der Waals surface area contributed by atoms with Gasteiger partial charge in [0.25, 0.3) is 5.56 Å². The van der Waals surface area contributed by atoms with Gasteiger partial charge in [0.05, 0.1) is 24.4 Å². The first kappa shape index (κ1) is 25.3. The molecule has 38 heavy (non-hydrogen) atoms. The van der Waals surface area contributed by atoms with Crippen molar-refractivity contribution < 1.29 is 18.3 Å². The Bertz CT molecular complexity index is 1650. The zero-order valence-corrected chi connectivity index (χ0v) is 21.1. The minimum absolute atomic E-state index is 0.0152. The van der Waals surface area contributed by atoms with Crippen LogP contribution in [0.3, 0.4) is 0 Å². The van der Waals surface area contributed by atoms with Crippen LogP contribution in [0.5, 0.6) is 11.8 Å². The Kier molecular flexibility index (Phi) is 7.01. The lowest BCUT2D eigenvalue weighted by molar-refractivity contribution is -0.0498. The molecule has 11 heteroatoms. The Morgan fingerprint density at radius 1 is 1.05 bits per heavy atom. The van der Waals surface area contributed by atoms with Crippen molar-refractivity contribution in [1.82, 2.24) is 29.2 Å². The van der Waals surface area contributed by atoms with Crippen LogP contribution in [-0.2, 0) is 6.54 Å². The van der Waals surface area contributed by atoms with Gasteiger partial charge in [0.1, 0.15) is 5.75 Å². The van der Waals surface area contributed by atoms with Gasteiger partial charge in [-0.3, -0.25) is 14.0 Å². The molecule has 3 aromatic heterocycles. The van der Waals surface area contributed by atoms with E-state index in [1.807, 2.05) is 50.1 Å². The lowest BCUT2D eigenvalue weighted by Crippen LogP contribution is -2.21. The fourth-order valence-electron chi connectivity index (χ4n) is 4.16. The van der Waals surface area contributed by atoms with Gasteiger partial charge in [-0.25, -0.2) is 4.98 Å². The van der Waals surface area contributed by atoms with Gasteiger partial charge < -0.3 is 14.4 Å². The Labute approximate surface area is 216 Å². The molecule has 0 atom stereocenters. The maximum absolute atomic E-state index is 13.9. The van der Waals surface area contributed by atoms with Crippen LogP contribution in [0.4, 0.5) is 8.78 Å². The predicted molar refractivity (Wildman–Crippen MR) is 140 cm³/mol. The van der Waals surface area contributed by atoms with E-state index in [-0.39, 0.29) is 17.3 Å². The van der Waals surface area contributed by atoms with Gasteiger partial charge in [0.2, 0.25) is 0 Å². The number of rotatable bonds is 9. The molecule has 0 unspecified atom stereocenters. The average molecular weight is 521 g/mol. The SMILES string of the molecule is CCOc1ncc2cc(-c3ccc4nn(CCN(C)C)cc4c3)c(=O)n(-c3ccc(OC(F)F)cc3)c2n1. The second-order valence-electron chi connectivity index (χ2n) is 8.90. The number of hydrogen-bond acceptors (Lipinski definition) is 7. The average Bonchev–Trinajstić information content (AvgIpc) is 3.30. The molecule has 0 aliphatic heterocycles. The van der Waals surface area contributed by atoms with Crippen LogP contribution in [0.15, 0.2) is 65.7 Å². The standard InChI is InChI=1S/C27H26F2N6O3/c1-4-37-27-30-15-18-14-22(17-5-10-23-19(13-17)16-34(32-23)12-11-33(2)3)25(36)35(24(18)31-27)20-6-8-21(9-7-20)38-26(28)29/h5-10,13-16,26H,4,11-12H2,1-3H3. The Balaban J connectivity index is 1.65. The number of ether oxygens (including phenoxy) is 2. The highest BCUT2D eigenvalue weighted by atomic mass is 19.3. The van der Waals surface area contributed by atoms with E-state index in [2.05, 4.69) is 24.7 Å². The molecule has 0 radical (unpaired) electrons. The Morgan fingerprint density at radius 2 is 1.84 bits per heavy atom. The van der Waals surface area contributed by atoms with E-state index in [1.54, 1.807) is 12.3 Å². The Morgan fingerprint density at radius 3 is 2.55 bits per heavy atom. The van der Waals surface area contributed by atoms with Crippen molar-refractivity contribution in [3.63, 3.8) is 0 Å². The van der Waals surface area contributed by atoms with Crippen LogP contribution in [-0.4, -0.2) is 63.1 Å². The molecule has 0 saturated carbocycles. The summed E-state index contributed by atoms with van der Waals surface area (Å²) in [6, 6.07) is 13.4. The predicted octanol–water partition coefficient (Wildman–Crippen LogP) is 4.36. The fourth-order valence-corrected chi connectivity index (χ4v) is 4.16. The summed E-state index contributed by atoms with van der Waals surface area (Å²) in [5, 5.41) is 6.14. The topological polar surface area (TPSA) is 87.3 Å². The molecule has 3 heterocycles. The summed E-state index contributed by atoms with van der Waals surface area (Å²) in [6.07, 6.45) is 3.56. The lowest BCUT2D eigenvalue weighted by Gasteiger charge is -2.14. The molecule has 9 nitrogen and oxygen atoms in total. The van der Waals surface area contributed by atoms with E-state index in [9.17, 15) is 13.6 Å². The van der Waals surface area contributed by atoms with Gasteiger partial charge in [-0.15, -0.1) is 0 Å². The number of alkyl halides is 2. The maximum atomic E-state index is 13.9. The highest BCUT2D eigenvalue weighted by Gasteiger charge is 2.17. The van der Waals surface area contributed by atoms with E-state index in [0.29, 0.717) is 34.5 Å². The van der Waals surface area contributed by atoms with Crippen molar-refractivity contribution >= 4 is 21.9 Å². The van der Waals surface area contributed by atoms with E-state index in [4.69, 9.17) is 4.74 Å². The van der Waals surface area contributed by atoms with Crippen molar-refractivity contribution in [3.05, 3.63) is 71.3 Å². The summed E-state index contributed by atoms with van der Waals surface area (Å²) in [4.78, 5) is 24.7. The first-order chi connectivity index (χ1) is 18.3. The summed E-state index contributed by atoms with van der Waals surface area (Å²) in [7, 11) is 4.01. The van der Waals surface area contributed by atoms with Crippen molar-refractivity contribution in [2.75, 3.05) is 27.2 Å². The van der Waals surface area contributed by atoms with Crippen LogP contribution >= 0.6 is 0 Å². The van der Waals surface area contributed by atoms with Gasteiger partial charge in [-0.1, -0.05) is 6.07 Å². The van der Waals surface area contributed by atoms with Crippen LogP contribution < -0.4 is 15.0 Å². The number of nitrogens with zero attached hydrogens (tertiary/aromatic N) is 6. The molecule has 0 aliphatic rings. The molecule has 0 N–H and O–H groups in total. The first-order valence-electron chi connectivity index (χ1n) is 12.1. The maximum Gasteiger partial charge on any atom is 0.387 e. The number of hydrogen-bond donors (Lipinski definition) is 0.